The Hall–Kier alpha value is -1.50. The summed E-state index contributed by atoms with van der Waals surface area (Å²) in [4.78, 5) is 10.3. The molecule has 0 aromatic heterocycles. The molecule has 1 heterocycles. The predicted molar refractivity (Wildman–Crippen MR) is 69.9 cm³/mol. The topological polar surface area (TPSA) is 84.6 Å². The molecule has 104 valence electrons. The molecule has 1 unspecified atom stereocenters. The highest BCUT2D eigenvalue weighted by atomic mass is 16.6. The summed E-state index contributed by atoms with van der Waals surface area (Å²) >= 11 is 0. The van der Waals surface area contributed by atoms with Crippen molar-refractivity contribution in [3.8, 4) is 0 Å². The van der Waals surface area contributed by atoms with E-state index < -0.39 is 4.92 Å². The number of nitro benzene ring substituents is 1. The molecule has 19 heavy (non-hydrogen) atoms. The maximum atomic E-state index is 10.7. The minimum Gasteiger partial charge on any atom is -0.396 e. The number of aliphatic hydroxyl groups excluding tert-OH is 1. The summed E-state index contributed by atoms with van der Waals surface area (Å²) < 4.78 is 5.13. The normalized spacial score (nSPS) is 18.6. The molecule has 0 radical (unpaired) electrons. The molecule has 1 atom stereocenters. The fraction of sp³-hybridized carbons (Fsp3) is 0.538. The summed E-state index contributed by atoms with van der Waals surface area (Å²) in [6.45, 7) is 3.77. The Morgan fingerprint density at radius 1 is 1.58 bits per heavy atom. The second-order valence-corrected chi connectivity index (χ2v) is 5.11. The van der Waals surface area contributed by atoms with Gasteiger partial charge >= 0.3 is 0 Å². The van der Waals surface area contributed by atoms with Gasteiger partial charge in [-0.05, 0) is 12.5 Å². The van der Waals surface area contributed by atoms with Crippen LogP contribution < -0.4 is 5.32 Å². The van der Waals surface area contributed by atoms with Crippen molar-refractivity contribution in [2.75, 3.05) is 26.4 Å². The second kappa shape index (κ2) is 5.64. The average molecular weight is 266 g/mol. The molecule has 1 aliphatic heterocycles. The first-order chi connectivity index (χ1) is 9.06. The summed E-state index contributed by atoms with van der Waals surface area (Å²) in [5.74, 6) is 0. The molecule has 0 amide bonds. The van der Waals surface area contributed by atoms with Crippen molar-refractivity contribution in [3.63, 3.8) is 0 Å². The maximum absolute atomic E-state index is 10.7. The van der Waals surface area contributed by atoms with E-state index in [-0.39, 0.29) is 23.8 Å². The van der Waals surface area contributed by atoms with E-state index in [4.69, 9.17) is 4.74 Å². The van der Waals surface area contributed by atoms with Crippen LogP contribution in [0.2, 0.25) is 0 Å². The molecule has 1 aliphatic rings. The van der Waals surface area contributed by atoms with Crippen LogP contribution in [0, 0.1) is 15.5 Å². The van der Waals surface area contributed by atoms with E-state index in [9.17, 15) is 15.2 Å². The molecule has 2 N–H and O–H groups in total. The molecule has 6 heteroatoms. The molecule has 0 spiro atoms. The number of benzene rings is 1. The smallest absolute Gasteiger partial charge is 0.269 e. The quantitative estimate of drug-likeness (QED) is 0.598. The molecule has 1 fully saturated rings. The van der Waals surface area contributed by atoms with E-state index in [0.717, 1.165) is 5.56 Å². The van der Waals surface area contributed by atoms with Crippen molar-refractivity contribution >= 4 is 5.69 Å². The number of rotatable bonds is 6. The lowest BCUT2D eigenvalue weighted by molar-refractivity contribution is -0.384. The SMILES string of the molecule is CC(NCC1(CO)COC1)c1cccc([N+](=O)[O-])c1. The van der Waals surface area contributed by atoms with E-state index in [2.05, 4.69) is 5.32 Å². The second-order valence-electron chi connectivity index (χ2n) is 5.11. The van der Waals surface area contributed by atoms with Gasteiger partial charge in [0.1, 0.15) is 0 Å². The number of nitrogens with one attached hydrogen (secondary N) is 1. The highest BCUT2D eigenvalue weighted by Crippen LogP contribution is 2.27. The Morgan fingerprint density at radius 3 is 2.84 bits per heavy atom. The monoisotopic (exact) mass is 266 g/mol. The van der Waals surface area contributed by atoms with Crippen molar-refractivity contribution in [2.24, 2.45) is 5.41 Å². The van der Waals surface area contributed by atoms with Crippen molar-refractivity contribution < 1.29 is 14.8 Å². The van der Waals surface area contributed by atoms with Gasteiger partial charge in [0.25, 0.3) is 5.69 Å². The van der Waals surface area contributed by atoms with Crippen LogP contribution in [-0.2, 0) is 4.74 Å². The van der Waals surface area contributed by atoms with Crippen LogP contribution in [-0.4, -0.2) is 36.4 Å². The summed E-state index contributed by atoms with van der Waals surface area (Å²) in [5, 5.41) is 23.4. The standard InChI is InChI=1S/C13H18N2O4/c1-10(14-6-13(7-16)8-19-9-13)11-3-2-4-12(5-11)15(17)18/h2-5,10,14,16H,6-9H2,1H3. The third-order valence-corrected chi connectivity index (χ3v) is 3.52. The highest BCUT2D eigenvalue weighted by molar-refractivity contribution is 5.35. The number of nitro groups is 1. The molecular weight excluding hydrogens is 248 g/mol. The van der Waals surface area contributed by atoms with Crippen molar-refractivity contribution in [2.45, 2.75) is 13.0 Å². The van der Waals surface area contributed by atoms with Crippen molar-refractivity contribution in [1.82, 2.24) is 5.32 Å². The number of non-ortho nitro benzene ring substituents is 1. The van der Waals surface area contributed by atoms with Crippen molar-refractivity contribution in [1.29, 1.82) is 0 Å². The largest absolute Gasteiger partial charge is 0.396 e. The lowest BCUT2D eigenvalue weighted by atomic mass is 9.86. The third kappa shape index (κ3) is 3.09. The molecule has 0 aliphatic carbocycles. The van der Waals surface area contributed by atoms with Crippen LogP contribution in [0.3, 0.4) is 0 Å². The molecule has 6 nitrogen and oxygen atoms in total. The van der Waals surface area contributed by atoms with Crippen LogP contribution in [0.15, 0.2) is 24.3 Å². The zero-order valence-electron chi connectivity index (χ0n) is 10.8. The Balaban J connectivity index is 1.97. The van der Waals surface area contributed by atoms with Gasteiger partial charge in [-0.15, -0.1) is 0 Å². The molecule has 2 rings (SSSR count). The summed E-state index contributed by atoms with van der Waals surface area (Å²) in [6.07, 6.45) is 0. The van der Waals surface area contributed by atoms with E-state index in [0.29, 0.717) is 19.8 Å². The number of aliphatic hydroxyl groups is 1. The lowest BCUT2D eigenvalue weighted by Gasteiger charge is -2.40. The lowest BCUT2D eigenvalue weighted by Crippen LogP contribution is -2.52. The van der Waals surface area contributed by atoms with Gasteiger partial charge in [-0.25, -0.2) is 0 Å². The van der Waals surface area contributed by atoms with Crippen LogP contribution in [0.25, 0.3) is 0 Å². The average Bonchev–Trinajstić information content (AvgIpc) is 2.38. The maximum Gasteiger partial charge on any atom is 0.269 e. The Kier molecular flexibility index (Phi) is 4.14. The van der Waals surface area contributed by atoms with Gasteiger partial charge in [0, 0.05) is 24.7 Å². The number of ether oxygens (including phenoxy) is 1. The van der Waals surface area contributed by atoms with E-state index >= 15 is 0 Å². The molecular formula is C13H18N2O4. The zero-order chi connectivity index (χ0) is 13.9. The Bertz CT molecular complexity index is 454. The number of nitrogens with zero attached hydrogens (tertiary/aromatic N) is 1. The summed E-state index contributed by atoms with van der Waals surface area (Å²) in [7, 11) is 0. The van der Waals surface area contributed by atoms with Crippen molar-refractivity contribution in [3.05, 3.63) is 39.9 Å². The van der Waals surface area contributed by atoms with Gasteiger partial charge in [-0.2, -0.15) is 0 Å². The molecule has 0 bridgehead atoms. The zero-order valence-corrected chi connectivity index (χ0v) is 10.8. The fourth-order valence-electron chi connectivity index (χ4n) is 2.04. The van der Waals surface area contributed by atoms with E-state index in [1.54, 1.807) is 12.1 Å². The predicted octanol–water partition coefficient (Wildman–Crippen LogP) is 1.25. The molecule has 1 saturated heterocycles. The van der Waals surface area contributed by atoms with Gasteiger partial charge in [0.15, 0.2) is 0 Å². The van der Waals surface area contributed by atoms with Gasteiger partial charge in [0.05, 0.1) is 30.2 Å². The Morgan fingerprint density at radius 2 is 2.32 bits per heavy atom. The molecule has 0 saturated carbocycles. The Labute approximate surface area is 111 Å². The first kappa shape index (κ1) is 13.9. The fourth-order valence-corrected chi connectivity index (χ4v) is 2.04. The van der Waals surface area contributed by atoms with E-state index in [1.807, 2.05) is 13.0 Å². The highest BCUT2D eigenvalue weighted by Gasteiger charge is 2.38. The minimum atomic E-state index is -0.398. The number of hydrogen-bond acceptors (Lipinski definition) is 5. The van der Waals surface area contributed by atoms with Crippen LogP contribution in [0.4, 0.5) is 5.69 Å². The number of hydrogen-bond donors (Lipinski definition) is 2. The molecule has 1 aromatic carbocycles. The van der Waals surface area contributed by atoms with Crippen LogP contribution in [0.5, 0.6) is 0 Å². The first-order valence-electron chi connectivity index (χ1n) is 6.23. The van der Waals surface area contributed by atoms with Gasteiger partial charge in [-0.1, -0.05) is 12.1 Å². The molecule has 1 aromatic rings. The van der Waals surface area contributed by atoms with Crippen LogP contribution in [0.1, 0.15) is 18.5 Å². The summed E-state index contributed by atoms with van der Waals surface area (Å²) in [6, 6.07) is 6.57. The minimum absolute atomic E-state index is 0.0103. The summed E-state index contributed by atoms with van der Waals surface area (Å²) in [5.41, 5.74) is 0.757. The van der Waals surface area contributed by atoms with Gasteiger partial charge in [-0.3, -0.25) is 10.1 Å². The van der Waals surface area contributed by atoms with E-state index in [1.165, 1.54) is 6.07 Å². The third-order valence-electron chi connectivity index (χ3n) is 3.52. The van der Waals surface area contributed by atoms with Gasteiger partial charge in [0.2, 0.25) is 0 Å². The first-order valence-corrected chi connectivity index (χ1v) is 6.23. The van der Waals surface area contributed by atoms with Gasteiger partial charge < -0.3 is 15.2 Å². The van der Waals surface area contributed by atoms with Crippen LogP contribution >= 0.6 is 0 Å².